The molecule has 0 aliphatic carbocycles. The third-order valence-electron chi connectivity index (χ3n) is 2.94. The quantitative estimate of drug-likeness (QED) is 0.705. The third kappa shape index (κ3) is 1.89. The lowest BCUT2D eigenvalue weighted by Crippen LogP contribution is -2.18. The van der Waals surface area contributed by atoms with Gasteiger partial charge in [-0.3, -0.25) is 4.79 Å². The molecule has 1 fully saturated rings. The van der Waals surface area contributed by atoms with Crippen molar-refractivity contribution in [1.82, 2.24) is 9.55 Å². The minimum Gasteiger partial charge on any atom is -0.465 e. The maximum absolute atomic E-state index is 11.5. The van der Waals surface area contributed by atoms with Crippen LogP contribution in [0.2, 0.25) is 0 Å². The fourth-order valence-corrected chi connectivity index (χ4v) is 2.05. The van der Waals surface area contributed by atoms with Crippen LogP contribution >= 0.6 is 0 Å². The summed E-state index contributed by atoms with van der Waals surface area (Å²) in [6.07, 6.45) is 4.07. The number of carbonyl (C=O) groups is 1. The molecule has 1 aromatic heterocycles. The second-order valence-corrected chi connectivity index (χ2v) is 3.86. The van der Waals surface area contributed by atoms with E-state index in [2.05, 4.69) is 4.98 Å². The Labute approximate surface area is 93.5 Å². The number of aromatic nitrogens is 2. The van der Waals surface area contributed by atoms with Crippen LogP contribution in [0.1, 0.15) is 23.2 Å². The molecule has 2 heterocycles. The number of rotatable bonds is 3. The second-order valence-electron chi connectivity index (χ2n) is 3.86. The van der Waals surface area contributed by atoms with Crippen LogP contribution in [0, 0.1) is 11.8 Å². The van der Waals surface area contributed by atoms with E-state index in [1.165, 1.54) is 10.9 Å². The van der Waals surface area contributed by atoms with Gasteiger partial charge in [-0.25, -0.2) is 4.98 Å². The highest BCUT2D eigenvalue weighted by atomic mass is 16.5. The van der Waals surface area contributed by atoms with Crippen LogP contribution in [-0.2, 0) is 22.9 Å². The van der Waals surface area contributed by atoms with Gasteiger partial charge in [0, 0.05) is 28.9 Å². The van der Waals surface area contributed by atoms with Crippen LogP contribution in [0.3, 0.4) is 0 Å². The standard InChI is InChI=1S/C11H16N2O2/c1-3-10-8(6-15-11(10)14)4-9-5-12-7-13(9)2/h5,7-8,10H,3-4,6H2,1-2H3/t8-,10-/m1/s1/i2D3. The van der Waals surface area contributed by atoms with E-state index in [1.54, 1.807) is 6.20 Å². The molecule has 1 aromatic rings. The molecule has 0 amide bonds. The van der Waals surface area contributed by atoms with Gasteiger partial charge in [0.1, 0.15) is 0 Å². The fourth-order valence-electron chi connectivity index (χ4n) is 2.05. The van der Waals surface area contributed by atoms with E-state index in [-0.39, 0.29) is 17.8 Å². The van der Waals surface area contributed by atoms with Gasteiger partial charge in [-0.1, -0.05) is 6.92 Å². The molecule has 4 nitrogen and oxygen atoms in total. The molecule has 1 aliphatic rings. The zero-order valence-corrected chi connectivity index (χ0v) is 8.64. The molecule has 0 N–H and O–H groups in total. The highest BCUT2D eigenvalue weighted by molar-refractivity contribution is 5.74. The lowest BCUT2D eigenvalue weighted by atomic mass is 9.89. The Morgan fingerprint density at radius 3 is 3.40 bits per heavy atom. The van der Waals surface area contributed by atoms with Crippen molar-refractivity contribution in [2.24, 2.45) is 18.8 Å². The number of hydrogen-bond acceptors (Lipinski definition) is 3. The number of imidazole rings is 1. The van der Waals surface area contributed by atoms with Crippen molar-refractivity contribution < 1.29 is 13.6 Å². The Kier molecular flexibility index (Phi) is 1.90. The van der Waals surface area contributed by atoms with Gasteiger partial charge in [-0.2, -0.15) is 0 Å². The number of cyclic esters (lactones) is 1. The van der Waals surface area contributed by atoms with Crippen molar-refractivity contribution in [2.45, 2.75) is 19.8 Å². The smallest absolute Gasteiger partial charge is 0.309 e. The molecule has 2 rings (SSSR count). The maximum atomic E-state index is 11.5. The Hall–Kier alpha value is -1.32. The number of nitrogens with zero attached hydrogens (tertiary/aromatic N) is 2. The molecule has 4 heteroatoms. The van der Waals surface area contributed by atoms with E-state index in [9.17, 15) is 4.79 Å². The first-order chi connectivity index (χ1) is 8.43. The molecular weight excluding hydrogens is 192 g/mol. The average molecular weight is 211 g/mol. The molecule has 1 saturated heterocycles. The first-order valence-electron chi connectivity index (χ1n) is 6.61. The Morgan fingerprint density at radius 1 is 1.80 bits per heavy atom. The summed E-state index contributed by atoms with van der Waals surface area (Å²) in [5.41, 5.74) is 0.622. The molecule has 82 valence electrons. The molecule has 15 heavy (non-hydrogen) atoms. The summed E-state index contributed by atoms with van der Waals surface area (Å²) in [6, 6.07) is 0. The molecule has 1 aliphatic heterocycles. The van der Waals surface area contributed by atoms with Crippen molar-refractivity contribution in [3.05, 3.63) is 18.2 Å². The predicted molar refractivity (Wildman–Crippen MR) is 55.1 cm³/mol. The third-order valence-corrected chi connectivity index (χ3v) is 2.94. The van der Waals surface area contributed by atoms with Gasteiger partial charge in [0.15, 0.2) is 0 Å². The van der Waals surface area contributed by atoms with Crippen LogP contribution in [0.25, 0.3) is 0 Å². The zero-order valence-electron chi connectivity index (χ0n) is 11.6. The van der Waals surface area contributed by atoms with Crippen molar-refractivity contribution in [1.29, 1.82) is 0 Å². The van der Waals surface area contributed by atoms with Crippen LogP contribution < -0.4 is 0 Å². The molecular formula is C11H16N2O2. The summed E-state index contributed by atoms with van der Waals surface area (Å²) in [7, 11) is 0. The van der Waals surface area contributed by atoms with E-state index >= 15 is 0 Å². The van der Waals surface area contributed by atoms with E-state index in [0.717, 1.165) is 0 Å². The number of carbonyl (C=O) groups excluding carboxylic acids is 1. The summed E-state index contributed by atoms with van der Waals surface area (Å²) in [4.78, 5) is 15.3. The molecule has 0 bridgehead atoms. The van der Waals surface area contributed by atoms with Crippen LogP contribution in [-0.4, -0.2) is 22.1 Å². The highest BCUT2D eigenvalue weighted by Crippen LogP contribution is 2.27. The van der Waals surface area contributed by atoms with E-state index < -0.39 is 6.98 Å². The highest BCUT2D eigenvalue weighted by Gasteiger charge is 2.35. The van der Waals surface area contributed by atoms with Gasteiger partial charge < -0.3 is 9.30 Å². The maximum Gasteiger partial charge on any atom is 0.309 e. The lowest BCUT2D eigenvalue weighted by molar-refractivity contribution is -0.141. The van der Waals surface area contributed by atoms with Crippen molar-refractivity contribution in [3.8, 4) is 0 Å². The summed E-state index contributed by atoms with van der Waals surface area (Å²) in [6.45, 7) is 0.0752. The summed E-state index contributed by atoms with van der Waals surface area (Å²) in [5, 5.41) is 0. The minimum atomic E-state index is -2.23. The number of esters is 1. The molecule has 0 saturated carbocycles. The first kappa shape index (κ1) is 7.04. The average Bonchev–Trinajstić information content (AvgIpc) is 2.85. The minimum absolute atomic E-state index is 0.0419. The van der Waals surface area contributed by atoms with Crippen molar-refractivity contribution in [2.75, 3.05) is 6.61 Å². The fraction of sp³-hybridized carbons (Fsp3) is 0.636. The Bertz CT molecular complexity index is 442. The SMILES string of the molecule is [2H]C([2H])([2H])n1cncc1C[C@@H]1COC(=O)[C@@H]1CC. The van der Waals surface area contributed by atoms with Gasteiger partial charge in [-0.15, -0.1) is 0 Å². The van der Waals surface area contributed by atoms with Crippen molar-refractivity contribution in [3.63, 3.8) is 0 Å². The largest absolute Gasteiger partial charge is 0.465 e. The summed E-state index contributed by atoms with van der Waals surface area (Å²) >= 11 is 0. The van der Waals surface area contributed by atoms with Crippen molar-refractivity contribution >= 4 is 5.97 Å². The van der Waals surface area contributed by atoms with Crippen LogP contribution in [0.5, 0.6) is 0 Å². The van der Waals surface area contributed by atoms with E-state index in [4.69, 9.17) is 8.85 Å². The number of hydrogen-bond donors (Lipinski definition) is 0. The molecule has 0 unspecified atom stereocenters. The van der Waals surface area contributed by atoms with Gasteiger partial charge >= 0.3 is 5.97 Å². The molecule has 0 aromatic carbocycles. The number of ether oxygens (including phenoxy) is 1. The van der Waals surface area contributed by atoms with Gasteiger partial charge in [0.2, 0.25) is 0 Å². The topological polar surface area (TPSA) is 44.1 Å². The second kappa shape index (κ2) is 4.04. The van der Waals surface area contributed by atoms with E-state index in [0.29, 0.717) is 25.1 Å². The zero-order chi connectivity index (χ0) is 13.3. The Morgan fingerprint density at radius 2 is 2.67 bits per heavy atom. The lowest BCUT2D eigenvalue weighted by Gasteiger charge is -2.12. The number of aryl methyl sites for hydroxylation is 1. The summed E-state index contributed by atoms with van der Waals surface area (Å²) < 4.78 is 28.4. The van der Waals surface area contributed by atoms with Gasteiger partial charge in [-0.05, 0) is 12.8 Å². The molecule has 0 radical (unpaired) electrons. The van der Waals surface area contributed by atoms with Gasteiger partial charge in [0.25, 0.3) is 0 Å². The Balaban J connectivity index is 2.15. The van der Waals surface area contributed by atoms with Crippen LogP contribution in [0.4, 0.5) is 0 Å². The van der Waals surface area contributed by atoms with E-state index in [1.807, 2.05) is 6.92 Å². The summed E-state index contributed by atoms with van der Waals surface area (Å²) in [5.74, 6) is -0.271. The monoisotopic (exact) mass is 211 g/mol. The van der Waals surface area contributed by atoms with Gasteiger partial charge in [0.05, 0.1) is 18.9 Å². The predicted octanol–water partition coefficient (Wildman–Crippen LogP) is 1.16. The molecule has 2 atom stereocenters. The first-order valence-corrected chi connectivity index (χ1v) is 5.11. The molecule has 0 spiro atoms. The normalized spacial score (nSPS) is 29.4. The van der Waals surface area contributed by atoms with Crippen LogP contribution in [0.15, 0.2) is 12.5 Å².